The summed E-state index contributed by atoms with van der Waals surface area (Å²) in [6, 6.07) is 11.1. The average molecular weight is 324 g/mol. The minimum atomic E-state index is -3.49. The Kier molecular flexibility index (Phi) is 5.03. The lowest BCUT2D eigenvalue weighted by Crippen LogP contribution is -2.30. The Morgan fingerprint density at radius 3 is 2.38 bits per heavy atom. The van der Waals surface area contributed by atoms with Crippen molar-refractivity contribution in [2.75, 3.05) is 17.9 Å². The monoisotopic (exact) mass is 324 g/mol. The number of thiophene rings is 1. The Morgan fingerprint density at radius 1 is 1.14 bits per heavy atom. The quantitative estimate of drug-likeness (QED) is 0.888. The molecule has 0 fully saturated rings. The lowest BCUT2D eigenvalue weighted by atomic mass is 10.2. The summed E-state index contributed by atoms with van der Waals surface area (Å²) < 4.78 is 27.4. The van der Waals surface area contributed by atoms with E-state index in [4.69, 9.17) is 0 Å². The van der Waals surface area contributed by atoms with Crippen molar-refractivity contribution in [3.63, 3.8) is 0 Å². The predicted octanol–water partition coefficient (Wildman–Crippen LogP) is 2.99. The normalized spacial score (nSPS) is 11.6. The van der Waals surface area contributed by atoms with E-state index in [1.807, 2.05) is 51.2 Å². The smallest absolute Gasteiger partial charge is 0.273 e. The minimum Gasteiger partial charge on any atom is -0.315 e. The van der Waals surface area contributed by atoms with Crippen molar-refractivity contribution in [3.8, 4) is 0 Å². The largest absolute Gasteiger partial charge is 0.315 e. The Balaban J connectivity index is 2.36. The molecule has 4 nitrogen and oxygen atoms in total. The fourth-order valence-electron chi connectivity index (χ4n) is 2.08. The molecule has 2 rings (SSSR count). The van der Waals surface area contributed by atoms with Gasteiger partial charge in [-0.25, -0.2) is 8.42 Å². The van der Waals surface area contributed by atoms with Gasteiger partial charge in [0.15, 0.2) is 0 Å². The molecule has 0 aliphatic carbocycles. The fraction of sp³-hybridized carbons (Fsp3) is 0.333. The van der Waals surface area contributed by atoms with Crippen molar-refractivity contribution in [3.05, 3.63) is 46.8 Å². The number of sulfonamides is 1. The molecule has 0 radical (unpaired) electrons. The van der Waals surface area contributed by atoms with Crippen LogP contribution in [0.3, 0.4) is 0 Å². The predicted molar refractivity (Wildman–Crippen MR) is 88.5 cm³/mol. The van der Waals surface area contributed by atoms with Gasteiger partial charge in [0.2, 0.25) is 0 Å². The third kappa shape index (κ3) is 3.45. The molecule has 0 unspecified atom stereocenters. The van der Waals surface area contributed by atoms with Crippen LogP contribution in [0.2, 0.25) is 0 Å². The van der Waals surface area contributed by atoms with Gasteiger partial charge in [0.1, 0.15) is 4.21 Å². The van der Waals surface area contributed by atoms with Gasteiger partial charge in [-0.3, -0.25) is 4.31 Å². The maximum atomic E-state index is 12.8. The number of benzene rings is 1. The van der Waals surface area contributed by atoms with E-state index < -0.39 is 10.0 Å². The van der Waals surface area contributed by atoms with E-state index in [1.54, 1.807) is 6.07 Å². The van der Waals surface area contributed by atoms with Gasteiger partial charge in [-0.15, -0.1) is 11.3 Å². The molecular formula is C15H20N2O2S2. The highest BCUT2D eigenvalue weighted by atomic mass is 32.2. The number of nitrogens with zero attached hydrogens (tertiary/aromatic N) is 1. The summed E-state index contributed by atoms with van der Waals surface area (Å²) in [6.45, 7) is 4.92. The number of anilines is 1. The molecule has 1 heterocycles. The van der Waals surface area contributed by atoms with Crippen LogP contribution < -0.4 is 9.62 Å². The number of rotatable bonds is 6. The SMILES string of the molecule is CCN(c1ccc(C)cc1)S(=O)(=O)c1ccc(CNC)s1. The lowest BCUT2D eigenvalue weighted by molar-refractivity contribution is 0.594. The fourth-order valence-corrected chi connectivity index (χ4v) is 5.03. The molecule has 0 amide bonds. The summed E-state index contributed by atoms with van der Waals surface area (Å²) in [5.41, 5.74) is 1.81. The molecule has 2 aromatic rings. The zero-order valence-electron chi connectivity index (χ0n) is 12.5. The second kappa shape index (κ2) is 6.60. The van der Waals surface area contributed by atoms with E-state index in [1.165, 1.54) is 15.6 Å². The van der Waals surface area contributed by atoms with Crippen LogP contribution in [0, 0.1) is 6.92 Å². The highest BCUT2D eigenvalue weighted by molar-refractivity contribution is 7.94. The standard InChI is InChI=1S/C15H20N2O2S2/c1-4-17(13-7-5-12(2)6-8-13)21(18,19)15-10-9-14(20-15)11-16-3/h5-10,16H,4,11H2,1-3H3. The minimum absolute atomic E-state index is 0.384. The van der Waals surface area contributed by atoms with E-state index in [-0.39, 0.29) is 0 Å². The second-order valence-electron chi connectivity index (χ2n) is 4.76. The Bertz CT molecular complexity index is 691. The molecule has 1 N–H and O–H groups in total. The highest BCUT2D eigenvalue weighted by Crippen LogP contribution is 2.28. The van der Waals surface area contributed by atoms with Crippen molar-refractivity contribution < 1.29 is 8.42 Å². The van der Waals surface area contributed by atoms with Crippen molar-refractivity contribution >= 4 is 27.0 Å². The van der Waals surface area contributed by atoms with Crippen molar-refractivity contribution in [1.29, 1.82) is 0 Å². The molecular weight excluding hydrogens is 304 g/mol. The second-order valence-corrected chi connectivity index (χ2v) is 8.01. The number of hydrogen-bond acceptors (Lipinski definition) is 4. The summed E-state index contributed by atoms with van der Waals surface area (Å²) >= 11 is 1.31. The van der Waals surface area contributed by atoms with E-state index >= 15 is 0 Å². The number of nitrogens with one attached hydrogen (secondary N) is 1. The van der Waals surface area contributed by atoms with E-state index in [9.17, 15) is 8.42 Å². The first-order chi connectivity index (χ1) is 9.98. The average Bonchev–Trinajstić information content (AvgIpc) is 2.91. The summed E-state index contributed by atoms with van der Waals surface area (Å²) in [5.74, 6) is 0. The van der Waals surface area contributed by atoms with Crippen LogP contribution in [0.5, 0.6) is 0 Å². The van der Waals surface area contributed by atoms with Crippen LogP contribution in [-0.4, -0.2) is 22.0 Å². The van der Waals surface area contributed by atoms with Gasteiger partial charge >= 0.3 is 0 Å². The van der Waals surface area contributed by atoms with Gasteiger partial charge < -0.3 is 5.32 Å². The van der Waals surface area contributed by atoms with E-state index in [0.29, 0.717) is 23.0 Å². The molecule has 0 saturated heterocycles. The van der Waals surface area contributed by atoms with Crippen molar-refractivity contribution in [2.24, 2.45) is 0 Å². The van der Waals surface area contributed by atoms with Gasteiger partial charge in [0.05, 0.1) is 5.69 Å². The van der Waals surface area contributed by atoms with Crippen LogP contribution in [0.4, 0.5) is 5.69 Å². The first-order valence-corrected chi connectivity index (χ1v) is 9.07. The van der Waals surface area contributed by atoms with Crippen LogP contribution in [0.1, 0.15) is 17.4 Å². The van der Waals surface area contributed by atoms with E-state index in [0.717, 1.165) is 10.4 Å². The molecule has 0 bridgehead atoms. The summed E-state index contributed by atoms with van der Waals surface area (Å²) in [7, 11) is -1.64. The lowest BCUT2D eigenvalue weighted by Gasteiger charge is -2.22. The number of hydrogen-bond donors (Lipinski definition) is 1. The molecule has 0 spiro atoms. The van der Waals surface area contributed by atoms with Crippen LogP contribution in [0.15, 0.2) is 40.6 Å². The molecule has 114 valence electrons. The summed E-state index contributed by atoms with van der Waals surface area (Å²) in [5, 5.41) is 3.03. The maximum absolute atomic E-state index is 12.8. The summed E-state index contributed by atoms with van der Waals surface area (Å²) in [4.78, 5) is 1.01. The Hall–Kier alpha value is -1.37. The zero-order chi connectivity index (χ0) is 15.5. The van der Waals surface area contributed by atoms with Crippen LogP contribution in [0.25, 0.3) is 0 Å². The van der Waals surface area contributed by atoms with Gasteiger partial charge in [-0.2, -0.15) is 0 Å². The van der Waals surface area contributed by atoms with Gasteiger partial charge in [0, 0.05) is 18.0 Å². The van der Waals surface area contributed by atoms with Gasteiger partial charge in [0.25, 0.3) is 10.0 Å². The van der Waals surface area contributed by atoms with Crippen molar-refractivity contribution in [1.82, 2.24) is 5.32 Å². The number of aryl methyl sites for hydroxylation is 1. The van der Waals surface area contributed by atoms with E-state index in [2.05, 4.69) is 5.32 Å². The first kappa shape index (κ1) is 16.0. The molecule has 1 aromatic carbocycles. The molecule has 1 aromatic heterocycles. The van der Waals surface area contributed by atoms with Crippen LogP contribution >= 0.6 is 11.3 Å². The third-order valence-corrected chi connectivity index (χ3v) is 6.60. The van der Waals surface area contributed by atoms with Crippen molar-refractivity contribution in [2.45, 2.75) is 24.6 Å². The third-order valence-electron chi connectivity index (χ3n) is 3.14. The Labute approximate surface area is 130 Å². The molecule has 0 atom stereocenters. The molecule has 6 heteroatoms. The Morgan fingerprint density at radius 2 is 1.81 bits per heavy atom. The summed E-state index contributed by atoms with van der Waals surface area (Å²) in [6.07, 6.45) is 0. The topological polar surface area (TPSA) is 49.4 Å². The zero-order valence-corrected chi connectivity index (χ0v) is 14.1. The highest BCUT2D eigenvalue weighted by Gasteiger charge is 2.25. The molecule has 0 aliphatic rings. The van der Waals surface area contributed by atoms with Crippen LogP contribution in [-0.2, 0) is 16.6 Å². The van der Waals surface area contributed by atoms with Gasteiger partial charge in [-0.05, 0) is 45.2 Å². The molecule has 0 saturated carbocycles. The van der Waals surface area contributed by atoms with Gasteiger partial charge in [-0.1, -0.05) is 17.7 Å². The first-order valence-electron chi connectivity index (χ1n) is 6.81. The molecule has 21 heavy (non-hydrogen) atoms. The maximum Gasteiger partial charge on any atom is 0.273 e. The molecule has 0 aliphatic heterocycles.